The molecule has 0 aliphatic carbocycles. The van der Waals surface area contributed by atoms with Crippen LogP contribution in [0.25, 0.3) is 0 Å². The van der Waals surface area contributed by atoms with Gasteiger partial charge in [-0.25, -0.2) is 4.99 Å². The minimum Gasteiger partial charge on any atom is -0.244 e. The van der Waals surface area contributed by atoms with Crippen LogP contribution in [0.1, 0.15) is 0 Å². The van der Waals surface area contributed by atoms with E-state index in [1.54, 1.807) is 18.4 Å². The van der Waals surface area contributed by atoms with Gasteiger partial charge in [-0.15, -0.1) is 0 Å². The van der Waals surface area contributed by atoms with E-state index < -0.39 is 0 Å². The zero-order chi connectivity index (χ0) is 4.95. The summed E-state index contributed by atoms with van der Waals surface area (Å²) in [6.45, 7) is 0. The summed E-state index contributed by atoms with van der Waals surface area (Å²) < 4.78 is 0. The summed E-state index contributed by atoms with van der Waals surface area (Å²) in [7, 11) is 0. The smallest absolute Gasteiger partial charge is 0.125 e. The summed E-state index contributed by atoms with van der Waals surface area (Å²) >= 11 is 0. The third kappa shape index (κ3) is 1.16. The first kappa shape index (κ1) is 4.03. The van der Waals surface area contributed by atoms with E-state index >= 15 is 0 Å². The molecule has 0 bridgehead atoms. The molecule has 0 amide bonds. The van der Waals surface area contributed by atoms with Crippen molar-refractivity contribution in [3.8, 4) is 0 Å². The van der Waals surface area contributed by atoms with E-state index in [2.05, 4.69) is 15.9 Å². The van der Waals surface area contributed by atoms with Crippen molar-refractivity contribution in [2.24, 2.45) is 9.98 Å². The van der Waals surface area contributed by atoms with E-state index in [0.29, 0.717) is 0 Å². The molecule has 0 N–H and O–H groups in total. The molecule has 0 fully saturated rings. The Morgan fingerprint density at radius 3 is 3.43 bits per heavy atom. The van der Waals surface area contributed by atoms with Crippen LogP contribution in [0, 0.1) is 0 Å². The number of nitrogens with zero attached hydrogens (tertiary/aromatic N) is 2. The lowest BCUT2D eigenvalue weighted by atomic mass is 10.6. The lowest BCUT2D eigenvalue weighted by Crippen LogP contribution is -1.54. The summed E-state index contributed by atoms with van der Waals surface area (Å²) in [5.41, 5.74) is 0. The van der Waals surface area contributed by atoms with Gasteiger partial charge in [0.2, 0.25) is 0 Å². The highest BCUT2D eigenvalue weighted by Crippen LogP contribution is 1.76. The second kappa shape index (κ2) is 2.11. The number of hydrogen-bond donors (Lipinski definition) is 0. The van der Waals surface area contributed by atoms with Gasteiger partial charge in [0.15, 0.2) is 0 Å². The molecular formula is C5H4N2. The zero-order valence-corrected chi connectivity index (χ0v) is 3.70. The normalized spacial score (nSPS) is 14.9. The summed E-state index contributed by atoms with van der Waals surface area (Å²) in [6, 6.07) is 0. The van der Waals surface area contributed by atoms with Crippen LogP contribution in [-0.4, -0.2) is 12.2 Å². The maximum atomic E-state index is 3.70. The highest BCUT2D eigenvalue weighted by Gasteiger charge is 1.63. The molecule has 1 heterocycles. The molecule has 1 aliphatic heterocycles. The molecule has 0 aromatic carbocycles. The van der Waals surface area contributed by atoms with Crippen molar-refractivity contribution in [1.82, 2.24) is 0 Å². The molecular weight excluding hydrogens is 88.1 g/mol. The summed E-state index contributed by atoms with van der Waals surface area (Å²) in [5.74, 6) is 2.61. The molecule has 0 saturated carbocycles. The molecule has 0 aromatic heterocycles. The van der Waals surface area contributed by atoms with Crippen LogP contribution in [0.3, 0.4) is 0 Å². The molecule has 0 spiro atoms. The fraction of sp³-hybridized carbons (Fsp3) is 0. The second-order valence-electron chi connectivity index (χ2n) is 1.03. The molecule has 7 heavy (non-hydrogen) atoms. The van der Waals surface area contributed by atoms with Crippen molar-refractivity contribution in [2.45, 2.75) is 0 Å². The largest absolute Gasteiger partial charge is 0.244 e. The van der Waals surface area contributed by atoms with E-state index in [9.17, 15) is 0 Å². The van der Waals surface area contributed by atoms with Crippen molar-refractivity contribution < 1.29 is 0 Å². The predicted octanol–water partition coefficient (Wildman–Crippen LogP) is 0.768. The predicted molar refractivity (Wildman–Crippen MR) is 29.6 cm³/mol. The standard InChI is InChI=1S/C5H4N2/c1-2-4-7-5-6-3-1/h1-3,5H. The Balaban J connectivity index is 2.86. The third-order valence-corrected chi connectivity index (χ3v) is 0.542. The molecule has 2 nitrogen and oxygen atoms in total. The molecule has 0 unspecified atom stereocenters. The molecule has 0 saturated heterocycles. The highest BCUT2D eigenvalue weighted by atomic mass is 14.8. The average Bonchev–Trinajstić information content (AvgIpc) is 1.90. The van der Waals surface area contributed by atoms with Gasteiger partial charge in [-0.05, 0) is 11.9 Å². The monoisotopic (exact) mass is 92.0 g/mol. The first-order valence-electron chi connectivity index (χ1n) is 1.95. The summed E-state index contributed by atoms with van der Waals surface area (Å²) in [6.07, 6.45) is 6.57. The van der Waals surface area contributed by atoms with Gasteiger partial charge < -0.3 is 0 Å². The minimum absolute atomic E-state index is 1.44. The van der Waals surface area contributed by atoms with Crippen LogP contribution in [0.4, 0.5) is 0 Å². The van der Waals surface area contributed by atoms with Crippen LogP contribution in [0.5, 0.6) is 0 Å². The quantitative estimate of drug-likeness (QED) is 0.421. The van der Waals surface area contributed by atoms with Crippen molar-refractivity contribution in [2.75, 3.05) is 0 Å². The Kier molecular flexibility index (Phi) is 1.21. The lowest BCUT2D eigenvalue weighted by molar-refractivity contribution is 1.57. The average molecular weight is 92.1 g/mol. The van der Waals surface area contributed by atoms with Gasteiger partial charge in [0.05, 0.1) is 0 Å². The molecule has 2 heteroatoms. The van der Waals surface area contributed by atoms with Crippen molar-refractivity contribution in [3.63, 3.8) is 0 Å². The van der Waals surface area contributed by atoms with Crippen molar-refractivity contribution in [1.29, 1.82) is 0 Å². The number of rotatable bonds is 0. The Hall–Kier alpha value is -1.14. The Morgan fingerprint density at radius 2 is 2.43 bits per heavy atom. The first-order chi connectivity index (χ1) is 3.50. The van der Waals surface area contributed by atoms with E-state index in [0.717, 1.165) is 0 Å². The van der Waals surface area contributed by atoms with Gasteiger partial charge in [-0.3, -0.25) is 0 Å². The highest BCUT2D eigenvalue weighted by molar-refractivity contribution is 5.71. The van der Waals surface area contributed by atoms with E-state index in [-0.39, 0.29) is 0 Å². The Labute approximate surface area is 41.6 Å². The van der Waals surface area contributed by atoms with Crippen molar-refractivity contribution in [3.05, 3.63) is 18.4 Å². The van der Waals surface area contributed by atoms with Crippen LogP contribution in [-0.2, 0) is 0 Å². The number of aliphatic imine (C=N–C) groups is 2. The maximum absolute atomic E-state index is 3.70. The Bertz CT molecular complexity index is 143. The number of allylic oxidation sites excluding steroid dienone is 2. The van der Waals surface area contributed by atoms with Crippen LogP contribution >= 0.6 is 0 Å². The van der Waals surface area contributed by atoms with E-state index in [4.69, 9.17) is 0 Å². The fourth-order valence-corrected chi connectivity index (χ4v) is 0.284. The third-order valence-electron chi connectivity index (χ3n) is 0.542. The Morgan fingerprint density at radius 1 is 1.43 bits per heavy atom. The zero-order valence-electron chi connectivity index (χ0n) is 3.70. The van der Waals surface area contributed by atoms with Crippen LogP contribution < -0.4 is 0 Å². The van der Waals surface area contributed by atoms with Gasteiger partial charge in [0, 0.05) is 12.3 Å². The summed E-state index contributed by atoms with van der Waals surface area (Å²) in [5, 5.41) is 0. The maximum Gasteiger partial charge on any atom is 0.125 e. The fourth-order valence-electron chi connectivity index (χ4n) is 0.284. The number of hydrogen-bond acceptors (Lipinski definition) is 2. The van der Waals surface area contributed by atoms with Crippen LogP contribution in [0.2, 0.25) is 0 Å². The minimum atomic E-state index is 1.44. The lowest BCUT2D eigenvalue weighted by Gasteiger charge is -1.62. The van der Waals surface area contributed by atoms with Gasteiger partial charge in [0.25, 0.3) is 0 Å². The summed E-state index contributed by atoms with van der Waals surface area (Å²) in [4.78, 5) is 7.32. The second-order valence-corrected chi connectivity index (χ2v) is 1.03. The van der Waals surface area contributed by atoms with Gasteiger partial charge in [-0.2, -0.15) is 4.99 Å². The molecule has 0 aromatic rings. The van der Waals surface area contributed by atoms with Gasteiger partial charge in [-0.1, -0.05) is 0 Å². The van der Waals surface area contributed by atoms with Crippen LogP contribution in [0.15, 0.2) is 28.3 Å². The molecule has 34 valence electrons. The van der Waals surface area contributed by atoms with Crippen molar-refractivity contribution >= 4 is 12.2 Å². The van der Waals surface area contributed by atoms with Gasteiger partial charge in [0.1, 0.15) is 6.34 Å². The molecule has 0 atom stereocenters. The molecule has 1 aliphatic rings. The first-order valence-corrected chi connectivity index (χ1v) is 1.95. The van der Waals surface area contributed by atoms with Gasteiger partial charge >= 0.3 is 0 Å². The topological polar surface area (TPSA) is 24.7 Å². The van der Waals surface area contributed by atoms with E-state index in [1.165, 1.54) is 6.34 Å². The molecule has 1 rings (SSSR count). The van der Waals surface area contributed by atoms with E-state index in [1.807, 2.05) is 0 Å². The SMILES string of the molecule is C1=CC=CN=CN=1. The molecule has 0 radical (unpaired) electrons.